The van der Waals surface area contributed by atoms with Gasteiger partial charge in [0, 0.05) is 26.3 Å². The van der Waals surface area contributed by atoms with E-state index in [1.807, 2.05) is 20.3 Å². The molecule has 3 nitrogen and oxygen atoms in total. The number of hydrogen-bond donors (Lipinski definition) is 1. The average Bonchev–Trinajstić information content (AvgIpc) is 2.29. The Balaban J connectivity index is 2.19. The van der Waals surface area contributed by atoms with Gasteiger partial charge in [-0.05, 0) is 43.5 Å². The third-order valence-electron chi connectivity index (χ3n) is 3.21. The van der Waals surface area contributed by atoms with E-state index in [9.17, 15) is 0 Å². The van der Waals surface area contributed by atoms with Crippen molar-refractivity contribution in [3.05, 3.63) is 23.4 Å². The lowest BCUT2D eigenvalue weighted by Gasteiger charge is -2.24. The molecule has 1 aromatic heterocycles. The highest BCUT2D eigenvalue weighted by molar-refractivity contribution is 5.46. The van der Waals surface area contributed by atoms with Crippen LogP contribution < -0.4 is 10.2 Å². The van der Waals surface area contributed by atoms with E-state index < -0.39 is 0 Å². The molecule has 1 aromatic rings. The standard InChI is InChI=1S/C13H21N3/c1-10-8-11(9-15-13(10)16(2)3)12-6-4-5-7-14-12/h8-9,12,14H,4-7H2,1-3H3/t12-/m0/s1. The zero-order valence-corrected chi connectivity index (χ0v) is 10.5. The molecule has 2 rings (SSSR count). The topological polar surface area (TPSA) is 28.2 Å². The maximum atomic E-state index is 4.54. The lowest BCUT2D eigenvalue weighted by molar-refractivity contribution is 0.411. The average molecular weight is 219 g/mol. The molecule has 2 heterocycles. The van der Waals surface area contributed by atoms with E-state index in [0.717, 1.165) is 12.4 Å². The van der Waals surface area contributed by atoms with E-state index in [0.29, 0.717) is 6.04 Å². The van der Waals surface area contributed by atoms with Gasteiger partial charge >= 0.3 is 0 Å². The van der Waals surface area contributed by atoms with Crippen LogP contribution in [0.1, 0.15) is 36.4 Å². The first kappa shape index (κ1) is 11.4. The summed E-state index contributed by atoms with van der Waals surface area (Å²) in [4.78, 5) is 6.60. The number of nitrogens with one attached hydrogen (secondary N) is 1. The van der Waals surface area contributed by atoms with Gasteiger partial charge in [-0.2, -0.15) is 0 Å². The molecule has 0 aliphatic carbocycles. The molecule has 1 aliphatic heterocycles. The van der Waals surface area contributed by atoms with Crippen LogP contribution >= 0.6 is 0 Å². The van der Waals surface area contributed by atoms with Crippen LogP contribution in [0.5, 0.6) is 0 Å². The maximum absolute atomic E-state index is 4.54. The van der Waals surface area contributed by atoms with E-state index in [4.69, 9.17) is 0 Å². The molecule has 0 spiro atoms. The molecule has 0 aromatic carbocycles. The second kappa shape index (κ2) is 4.83. The van der Waals surface area contributed by atoms with Gasteiger partial charge in [-0.3, -0.25) is 0 Å². The van der Waals surface area contributed by atoms with E-state index in [2.05, 4.69) is 28.2 Å². The van der Waals surface area contributed by atoms with Crippen LogP contribution in [0, 0.1) is 6.92 Å². The van der Waals surface area contributed by atoms with Crippen LogP contribution in [0.3, 0.4) is 0 Å². The normalized spacial score (nSPS) is 20.8. The number of anilines is 1. The largest absolute Gasteiger partial charge is 0.363 e. The number of pyridine rings is 1. The summed E-state index contributed by atoms with van der Waals surface area (Å²) in [5.41, 5.74) is 2.60. The second-order valence-electron chi connectivity index (χ2n) is 4.81. The highest BCUT2D eigenvalue weighted by Crippen LogP contribution is 2.25. The van der Waals surface area contributed by atoms with Crippen LogP contribution in [0.15, 0.2) is 12.3 Å². The Morgan fingerprint density at radius 2 is 2.19 bits per heavy atom. The Hall–Kier alpha value is -1.09. The molecule has 0 unspecified atom stereocenters. The van der Waals surface area contributed by atoms with Crippen LogP contribution in [0.25, 0.3) is 0 Å². The van der Waals surface area contributed by atoms with Gasteiger partial charge < -0.3 is 10.2 Å². The van der Waals surface area contributed by atoms with Crippen LogP contribution in [0.4, 0.5) is 5.82 Å². The predicted molar refractivity (Wildman–Crippen MR) is 67.9 cm³/mol. The quantitative estimate of drug-likeness (QED) is 0.827. The van der Waals surface area contributed by atoms with E-state index in [1.54, 1.807) is 0 Å². The minimum Gasteiger partial charge on any atom is -0.363 e. The highest BCUT2D eigenvalue weighted by atomic mass is 15.1. The maximum Gasteiger partial charge on any atom is 0.130 e. The molecular formula is C13H21N3. The van der Waals surface area contributed by atoms with Gasteiger partial charge in [-0.1, -0.05) is 6.42 Å². The molecule has 3 heteroatoms. The Morgan fingerprint density at radius 1 is 1.38 bits per heavy atom. The molecule has 1 aliphatic rings. The first-order chi connectivity index (χ1) is 7.68. The highest BCUT2D eigenvalue weighted by Gasteiger charge is 2.16. The van der Waals surface area contributed by atoms with Gasteiger partial charge in [0.2, 0.25) is 0 Å². The van der Waals surface area contributed by atoms with E-state index in [-0.39, 0.29) is 0 Å². The van der Waals surface area contributed by atoms with E-state index in [1.165, 1.54) is 30.4 Å². The van der Waals surface area contributed by atoms with Crippen molar-refractivity contribution >= 4 is 5.82 Å². The van der Waals surface area contributed by atoms with Crippen molar-refractivity contribution in [2.45, 2.75) is 32.2 Å². The summed E-state index contributed by atoms with van der Waals surface area (Å²) in [6.45, 7) is 3.27. The molecule has 0 saturated carbocycles. The van der Waals surface area contributed by atoms with Crippen molar-refractivity contribution in [3.8, 4) is 0 Å². The number of hydrogen-bond acceptors (Lipinski definition) is 3. The van der Waals surface area contributed by atoms with Gasteiger partial charge in [0.15, 0.2) is 0 Å². The molecular weight excluding hydrogens is 198 g/mol. The first-order valence-electron chi connectivity index (χ1n) is 6.06. The Bertz CT molecular complexity index is 354. The summed E-state index contributed by atoms with van der Waals surface area (Å²) in [5, 5.41) is 3.56. The van der Waals surface area contributed by atoms with Gasteiger partial charge in [-0.15, -0.1) is 0 Å². The Kier molecular flexibility index (Phi) is 3.44. The Morgan fingerprint density at radius 3 is 2.75 bits per heavy atom. The molecule has 1 N–H and O–H groups in total. The van der Waals surface area contributed by atoms with Gasteiger partial charge in [-0.25, -0.2) is 4.98 Å². The fraction of sp³-hybridized carbons (Fsp3) is 0.615. The summed E-state index contributed by atoms with van der Waals surface area (Å²) < 4.78 is 0. The molecule has 1 fully saturated rings. The summed E-state index contributed by atoms with van der Waals surface area (Å²) in [5.74, 6) is 1.07. The fourth-order valence-corrected chi connectivity index (χ4v) is 2.38. The summed E-state index contributed by atoms with van der Waals surface area (Å²) in [6.07, 6.45) is 5.89. The van der Waals surface area contributed by atoms with Gasteiger partial charge in [0.1, 0.15) is 5.82 Å². The van der Waals surface area contributed by atoms with Crippen molar-refractivity contribution in [2.75, 3.05) is 25.5 Å². The number of piperidine rings is 1. The zero-order chi connectivity index (χ0) is 11.5. The third-order valence-corrected chi connectivity index (χ3v) is 3.21. The van der Waals surface area contributed by atoms with Crippen molar-refractivity contribution in [1.82, 2.24) is 10.3 Å². The van der Waals surface area contributed by atoms with Crippen molar-refractivity contribution in [3.63, 3.8) is 0 Å². The number of rotatable bonds is 2. The first-order valence-corrected chi connectivity index (χ1v) is 6.06. The van der Waals surface area contributed by atoms with E-state index >= 15 is 0 Å². The van der Waals surface area contributed by atoms with Crippen LogP contribution in [-0.4, -0.2) is 25.6 Å². The van der Waals surface area contributed by atoms with Crippen LogP contribution in [-0.2, 0) is 0 Å². The lowest BCUT2D eigenvalue weighted by atomic mass is 9.98. The van der Waals surface area contributed by atoms with Crippen molar-refractivity contribution < 1.29 is 0 Å². The minimum absolute atomic E-state index is 0.510. The molecule has 16 heavy (non-hydrogen) atoms. The van der Waals surface area contributed by atoms with Gasteiger partial charge in [0.25, 0.3) is 0 Å². The van der Waals surface area contributed by atoms with Crippen molar-refractivity contribution in [2.24, 2.45) is 0 Å². The molecule has 0 bridgehead atoms. The molecule has 1 atom stereocenters. The summed E-state index contributed by atoms with van der Waals surface area (Å²) >= 11 is 0. The Labute approximate surface area is 97.9 Å². The zero-order valence-electron chi connectivity index (χ0n) is 10.5. The molecule has 1 saturated heterocycles. The number of aromatic nitrogens is 1. The SMILES string of the molecule is Cc1cc([C@@H]2CCCCN2)cnc1N(C)C. The molecule has 0 radical (unpaired) electrons. The smallest absolute Gasteiger partial charge is 0.130 e. The lowest BCUT2D eigenvalue weighted by Crippen LogP contribution is -2.27. The van der Waals surface area contributed by atoms with Gasteiger partial charge in [0.05, 0.1) is 0 Å². The summed E-state index contributed by atoms with van der Waals surface area (Å²) in [7, 11) is 4.07. The molecule has 0 amide bonds. The van der Waals surface area contributed by atoms with Crippen LogP contribution in [0.2, 0.25) is 0 Å². The second-order valence-corrected chi connectivity index (χ2v) is 4.81. The predicted octanol–water partition coefficient (Wildman–Crippen LogP) is 2.27. The number of nitrogens with zero attached hydrogens (tertiary/aromatic N) is 2. The fourth-order valence-electron chi connectivity index (χ4n) is 2.38. The summed E-state index contributed by atoms with van der Waals surface area (Å²) in [6, 6.07) is 2.78. The number of aryl methyl sites for hydroxylation is 1. The molecule has 88 valence electrons. The monoisotopic (exact) mass is 219 g/mol. The van der Waals surface area contributed by atoms with Crippen molar-refractivity contribution in [1.29, 1.82) is 0 Å². The third kappa shape index (κ3) is 2.35. The minimum atomic E-state index is 0.510.